The highest BCUT2D eigenvalue weighted by Gasteiger charge is 2.19. The topological polar surface area (TPSA) is 42.3 Å². The molecule has 0 aliphatic rings. The highest BCUT2D eigenvalue weighted by Crippen LogP contribution is 2.27. The fourth-order valence-electron chi connectivity index (χ4n) is 2.89. The van der Waals surface area contributed by atoms with Crippen molar-refractivity contribution in [2.24, 2.45) is 7.05 Å². The Balaban J connectivity index is 2.13. The number of aryl methyl sites for hydroxylation is 1. The molecule has 0 saturated heterocycles. The summed E-state index contributed by atoms with van der Waals surface area (Å²) in [5, 5.41) is 8.24. The Morgan fingerprint density at radius 3 is 2.61 bits per heavy atom. The van der Waals surface area contributed by atoms with Crippen molar-refractivity contribution in [2.45, 2.75) is 32.9 Å². The van der Waals surface area contributed by atoms with Gasteiger partial charge in [0.2, 0.25) is 0 Å². The van der Waals surface area contributed by atoms with E-state index in [1.165, 1.54) is 11.1 Å². The van der Waals surface area contributed by atoms with E-state index in [0.717, 1.165) is 30.4 Å². The molecule has 2 rings (SSSR count). The van der Waals surface area contributed by atoms with Gasteiger partial charge in [0, 0.05) is 39.8 Å². The van der Waals surface area contributed by atoms with E-state index in [-0.39, 0.29) is 0 Å². The molecule has 1 heterocycles. The second-order valence-electron chi connectivity index (χ2n) is 6.32. The van der Waals surface area contributed by atoms with E-state index in [4.69, 9.17) is 9.84 Å². The van der Waals surface area contributed by atoms with Gasteiger partial charge < -0.3 is 15.0 Å². The Morgan fingerprint density at radius 2 is 2.00 bits per heavy atom. The Labute approximate surface area is 139 Å². The largest absolute Gasteiger partial charge is 0.497 e. The highest BCUT2D eigenvalue weighted by atomic mass is 16.5. The Morgan fingerprint density at radius 1 is 1.26 bits per heavy atom. The second kappa shape index (κ2) is 7.51. The average molecular weight is 316 g/mol. The minimum atomic E-state index is 0.406. The van der Waals surface area contributed by atoms with E-state index in [9.17, 15) is 0 Å². The quantitative estimate of drug-likeness (QED) is 0.853. The summed E-state index contributed by atoms with van der Waals surface area (Å²) >= 11 is 0. The molecule has 0 aliphatic carbocycles. The zero-order valence-corrected chi connectivity index (χ0v) is 15.1. The molecule has 0 aliphatic heterocycles. The first-order chi connectivity index (χ1) is 10.9. The molecule has 1 aromatic carbocycles. The number of aromatic nitrogens is 2. The Bertz CT molecular complexity index is 646. The molecule has 23 heavy (non-hydrogen) atoms. The number of nitrogens with zero attached hydrogens (tertiary/aromatic N) is 3. The number of benzene rings is 1. The summed E-state index contributed by atoms with van der Waals surface area (Å²) in [7, 11) is 7.83. The third-order valence-electron chi connectivity index (χ3n) is 3.88. The van der Waals surface area contributed by atoms with Gasteiger partial charge in [0.1, 0.15) is 11.6 Å². The van der Waals surface area contributed by atoms with Crippen molar-refractivity contribution in [1.82, 2.24) is 15.1 Å². The van der Waals surface area contributed by atoms with Crippen molar-refractivity contribution >= 4 is 5.82 Å². The molecule has 2 aromatic rings. The molecule has 0 unspecified atom stereocenters. The molecule has 1 aromatic heterocycles. The number of ether oxygens (including phenoxy) is 1. The van der Waals surface area contributed by atoms with Gasteiger partial charge in [-0.1, -0.05) is 26.0 Å². The Kier molecular flexibility index (Phi) is 5.66. The SMILES string of the molecule is COc1cccc(CNCc2c(C(C)C)nn(C)c2N(C)C)c1. The van der Waals surface area contributed by atoms with Crippen LogP contribution in [0.15, 0.2) is 24.3 Å². The molecule has 0 fully saturated rings. The van der Waals surface area contributed by atoms with E-state index in [1.54, 1.807) is 7.11 Å². The van der Waals surface area contributed by atoms with Crippen LogP contribution in [-0.4, -0.2) is 31.0 Å². The molecular weight excluding hydrogens is 288 g/mol. The van der Waals surface area contributed by atoms with Gasteiger partial charge in [-0.2, -0.15) is 5.10 Å². The van der Waals surface area contributed by atoms with Crippen LogP contribution in [0.1, 0.15) is 36.6 Å². The maximum Gasteiger partial charge on any atom is 0.130 e. The van der Waals surface area contributed by atoms with Crippen LogP contribution in [0.2, 0.25) is 0 Å². The molecule has 5 nitrogen and oxygen atoms in total. The van der Waals surface area contributed by atoms with Gasteiger partial charge >= 0.3 is 0 Å². The van der Waals surface area contributed by atoms with Crippen molar-refractivity contribution < 1.29 is 4.74 Å². The van der Waals surface area contributed by atoms with Gasteiger partial charge in [0.15, 0.2) is 0 Å². The minimum Gasteiger partial charge on any atom is -0.497 e. The normalized spacial score (nSPS) is 11.1. The predicted octanol–water partition coefficient (Wildman–Crippen LogP) is 2.91. The summed E-state index contributed by atoms with van der Waals surface area (Å²) in [5.74, 6) is 2.46. The maximum atomic E-state index is 5.28. The smallest absolute Gasteiger partial charge is 0.130 e. The lowest BCUT2D eigenvalue weighted by molar-refractivity contribution is 0.414. The summed E-state index contributed by atoms with van der Waals surface area (Å²) in [5.41, 5.74) is 3.65. The van der Waals surface area contributed by atoms with E-state index in [1.807, 2.05) is 23.9 Å². The lowest BCUT2D eigenvalue weighted by atomic mass is 10.1. The van der Waals surface area contributed by atoms with Gasteiger partial charge in [-0.25, -0.2) is 0 Å². The summed E-state index contributed by atoms with van der Waals surface area (Å²) in [6.45, 7) is 5.98. The summed E-state index contributed by atoms with van der Waals surface area (Å²) in [4.78, 5) is 2.13. The van der Waals surface area contributed by atoms with E-state index in [2.05, 4.69) is 50.3 Å². The molecule has 0 saturated carbocycles. The van der Waals surface area contributed by atoms with Gasteiger partial charge in [-0.15, -0.1) is 0 Å². The van der Waals surface area contributed by atoms with Crippen LogP contribution in [0.5, 0.6) is 5.75 Å². The fraction of sp³-hybridized carbons (Fsp3) is 0.500. The number of anilines is 1. The van der Waals surface area contributed by atoms with Crippen LogP contribution in [-0.2, 0) is 20.1 Å². The summed E-state index contributed by atoms with van der Waals surface area (Å²) in [6, 6.07) is 8.15. The van der Waals surface area contributed by atoms with Crippen molar-refractivity contribution in [3.05, 3.63) is 41.1 Å². The number of rotatable bonds is 7. The first kappa shape index (κ1) is 17.3. The van der Waals surface area contributed by atoms with Gasteiger partial charge in [-0.3, -0.25) is 4.68 Å². The van der Waals surface area contributed by atoms with Crippen molar-refractivity contribution in [3.8, 4) is 5.75 Å². The fourth-order valence-corrected chi connectivity index (χ4v) is 2.89. The Hall–Kier alpha value is -2.01. The molecule has 126 valence electrons. The van der Waals surface area contributed by atoms with Crippen molar-refractivity contribution in [1.29, 1.82) is 0 Å². The molecule has 0 radical (unpaired) electrons. The van der Waals surface area contributed by atoms with E-state index < -0.39 is 0 Å². The standard InChI is InChI=1S/C18H28N4O/c1-13(2)17-16(18(21(3)4)22(5)20-17)12-19-11-14-8-7-9-15(10-14)23-6/h7-10,13,19H,11-12H2,1-6H3. The van der Waals surface area contributed by atoms with Gasteiger partial charge in [-0.05, 0) is 23.6 Å². The van der Waals surface area contributed by atoms with E-state index >= 15 is 0 Å². The third-order valence-corrected chi connectivity index (χ3v) is 3.88. The molecule has 1 N–H and O–H groups in total. The maximum absolute atomic E-state index is 5.28. The summed E-state index contributed by atoms with van der Waals surface area (Å²) in [6.07, 6.45) is 0. The first-order valence-electron chi connectivity index (χ1n) is 8.00. The molecule has 0 amide bonds. The third kappa shape index (κ3) is 4.05. The first-order valence-corrected chi connectivity index (χ1v) is 8.00. The average Bonchev–Trinajstić information content (AvgIpc) is 2.84. The summed E-state index contributed by atoms with van der Waals surface area (Å²) < 4.78 is 7.25. The lowest BCUT2D eigenvalue weighted by Crippen LogP contribution is -2.19. The van der Waals surface area contributed by atoms with Crippen LogP contribution in [0.25, 0.3) is 0 Å². The van der Waals surface area contributed by atoms with Crippen LogP contribution in [0.3, 0.4) is 0 Å². The number of nitrogens with one attached hydrogen (secondary N) is 1. The molecule has 0 bridgehead atoms. The van der Waals surface area contributed by atoms with Crippen LogP contribution < -0.4 is 15.0 Å². The zero-order chi connectivity index (χ0) is 17.0. The molecule has 0 spiro atoms. The van der Waals surface area contributed by atoms with Gasteiger partial charge in [0.25, 0.3) is 0 Å². The van der Waals surface area contributed by atoms with Gasteiger partial charge in [0.05, 0.1) is 12.8 Å². The number of methoxy groups -OCH3 is 1. The van der Waals surface area contributed by atoms with E-state index in [0.29, 0.717) is 5.92 Å². The van der Waals surface area contributed by atoms with Crippen LogP contribution in [0.4, 0.5) is 5.82 Å². The molecular formula is C18H28N4O. The van der Waals surface area contributed by atoms with Crippen molar-refractivity contribution in [3.63, 3.8) is 0 Å². The highest BCUT2D eigenvalue weighted by molar-refractivity contribution is 5.50. The lowest BCUT2D eigenvalue weighted by Gasteiger charge is -2.16. The molecule has 0 atom stereocenters. The number of hydrogen-bond donors (Lipinski definition) is 1. The molecule has 5 heteroatoms. The minimum absolute atomic E-state index is 0.406. The van der Waals surface area contributed by atoms with Crippen molar-refractivity contribution in [2.75, 3.05) is 26.1 Å². The van der Waals surface area contributed by atoms with Crippen LogP contribution >= 0.6 is 0 Å². The zero-order valence-electron chi connectivity index (χ0n) is 15.1. The number of hydrogen-bond acceptors (Lipinski definition) is 4. The monoisotopic (exact) mass is 316 g/mol. The predicted molar refractivity (Wildman–Crippen MR) is 95.2 cm³/mol. The second-order valence-corrected chi connectivity index (χ2v) is 6.32. The van der Waals surface area contributed by atoms with Crippen LogP contribution in [0, 0.1) is 0 Å².